The third kappa shape index (κ3) is 5.81. The van der Waals surface area contributed by atoms with Crippen LogP contribution in [0.25, 0.3) is 0 Å². The lowest BCUT2D eigenvalue weighted by Crippen LogP contribution is -2.37. The Morgan fingerprint density at radius 3 is 3.00 bits per heavy atom. The van der Waals surface area contributed by atoms with Crippen molar-refractivity contribution in [3.8, 4) is 0 Å². The highest BCUT2D eigenvalue weighted by atomic mass is 79.9. The van der Waals surface area contributed by atoms with Crippen molar-refractivity contribution in [2.75, 3.05) is 27.3 Å². The standard InChI is InChI=1S/C11H17BrN2OS2/c1-14(7-10-6-9(12)8-17-10)11(16)13-4-3-5-15-2/h6,8H,3-5,7H2,1-2H3,(H,13,16). The number of halogens is 1. The minimum atomic E-state index is 0.761. The predicted molar refractivity (Wildman–Crippen MR) is 80.6 cm³/mol. The van der Waals surface area contributed by atoms with E-state index < -0.39 is 0 Å². The van der Waals surface area contributed by atoms with Gasteiger partial charge in [0.05, 0.1) is 6.54 Å². The van der Waals surface area contributed by atoms with Crippen LogP contribution in [0.15, 0.2) is 15.9 Å². The average molecular weight is 337 g/mol. The smallest absolute Gasteiger partial charge is 0.169 e. The summed E-state index contributed by atoms with van der Waals surface area (Å²) in [5.41, 5.74) is 0. The molecule has 0 spiro atoms. The molecule has 3 nitrogen and oxygen atoms in total. The normalized spacial score (nSPS) is 10.3. The van der Waals surface area contributed by atoms with E-state index in [-0.39, 0.29) is 0 Å². The number of thiophene rings is 1. The highest BCUT2D eigenvalue weighted by molar-refractivity contribution is 9.10. The van der Waals surface area contributed by atoms with E-state index >= 15 is 0 Å². The van der Waals surface area contributed by atoms with Gasteiger partial charge in [0.1, 0.15) is 0 Å². The molecule has 0 bridgehead atoms. The Hall–Kier alpha value is -0.170. The molecule has 0 amide bonds. The largest absolute Gasteiger partial charge is 0.385 e. The molecule has 0 fully saturated rings. The molecule has 0 radical (unpaired) electrons. The highest BCUT2D eigenvalue weighted by Crippen LogP contribution is 2.20. The maximum atomic E-state index is 5.30. The maximum absolute atomic E-state index is 5.30. The van der Waals surface area contributed by atoms with E-state index in [0.29, 0.717) is 0 Å². The van der Waals surface area contributed by atoms with Gasteiger partial charge in [0.2, 0.25) is 0 Å². The van der Waals surface area contributed by atoms with Crippen LogP contribution in [0.1, 0.15) is 11.3 Å². The van der Waals surface area contributed by atoms with Gasteiger partial charge in [-0.05, 0) is 40.6 Å². The third-order valence-corrected chi connectivity index (χ3v) is 4.30. The van der Waals surface area contributed by atoms with Gasteiger partial charge in [-0.2, -0.15) is 0 Å². The number of hydrogen-bond acceptors (Lipinski definition) is 3. The zero-order valence-corrected chi connectivity index (χ0v) is 13.3. The second kappa shape index (κ2) is 8.02. The van der Waals surface area contributed by atoms with Crippen LogP contribution in [0.3, 0.4) is 0 Å². The van der Waals surface area contributed by atoms with Crippen LogP contribution in [0.2, 0.25) is 0 Å². The van der Waals surface area contributed by atoms with Crippen molar-refractivity contribution < 1.29 is 4.74 Å². The summed E-state index contributed by atoms with van der Waals surface area (Å²) in [6.45, 7) is 2.45. The van der Waals surface area contributed by atoms with Crippen LogP contribution >= 0.6 is 39.5 Å². The summed E-state index contributed by atoms with van der Waals surface area (Å²) in [5, 5.41) is 6.08. The van der Waals surface area contributed by atoms with E-state index in [0.717, 1.165) is 35.7 Å². The van der Waals surface area contributed by atoms with Crippen molar-refractivity contribution in [2.45, 2.75) is 13.0 Å². The van der Waals surface area contributed by atoms with Crippen molar-refractivity contribution in [3.05, 3.63) is 20.8 Å². The Morgan fingerprint density at radius 2 is 2.41 bits per heavy atom. The van der Waals surface area contributed by atoms with Crippen LogP contribution in [0.5, 0.6) is 0 Å². The van der Waals surface area contributed by atoms with Crippen LogP contribution in [0, 0.1) is 0 Å². The molecule has 1 rings (SSSR count). The van der Waals surface area contributed by atoms with E-state index in [1.165, 1.54) is 4.88 Å². The summed E-state index contributed by atoms with van der Waals surface area (Å²) >= 11 is 10.5. The van der Waals surface area contributed by atoms with Gasteiger partial charge in [0.25, 0.3) is 0 Å². The zero-order chi connectivity index (χ0) is 12.7. The number of nitrogens with one attached hydrogen (secondary N) is 1. The van der Waals surface area contributed by atoms with E-state index in [9.17, 15) is 0 Å². The van der Waals surface area contributed by atoms with E-state index in [1.54, 1.807) is 18.4 Å². The summed E-state index contributed by atoms with van der Waals surface area (Å²) in [7, 11) is 3.71. The van der Waals surface area contributed by atoms with Gasteiger partial charge in [0, 0.05) is 42.0 Å². The lowest BCUT2D eigenvalue weighted by Gasteiger charge is -2.20. The number of thiocarbonyl (C=S) groups is 1. The van der Waals surface area contributed by atoms with Crippen LogP contribution < -0.4 is 5.32 Å². The molecular weight excluding hydrogens is 320 g/mol. The Labute approximate surface area is 120 Å². The Bertz CT molecular complexity index is 357. The van der Waals surface area contributed by atoms with Gasteiger partial charge < -0.3 is 15.0 Å². The monoisotopic (exact) mass is 336 g/mol. The fourth-order valence-corrected chi connectivity index (χ4v) is 2.96. The van der Waals surface area contributed by atoms with Gasteiger partial charge in [-0.1, -0.05) is 0 Å². The van der Waals surface area contributed by atoms with Crippen LogP contribution in [-0.4, -0.2) is 37.3 Å². The topological polar surface area (TPSA) is 24.5 Å². The van der Waals surface area contributed by atoms with Crippen molar-refractivity contribution in [1.82, 2.24) is 10.2 Å². The predicted octanol–water partition coefficient (Wildman–Crippen LogP) is 2.85. The molecule has 96 valence electrons. The second-order valence-electron chi connectivity index (χ2n) is 3.67. The molecule has 0 aromatic carbocycles. The van der Waals surface area contributed by atoms with Crippen molar-refractivity contribution in [3.63, 3.8) is 0 Å². The first-order chi connectivity index (χ1) is 8.13. The first-order valence-corrected chi connectivity index (χ1v) is 7.42. The fourth-order valence-electron chi connectivity index (χ4n) is 1.29. The van der Waals surface area contributed by atoms with Crippen LogP contribution in [-0.2, 0) is 11.3 Å². The summed E-state index contributed by atoms with van der Waals surface area (Å²) in [4.78, 5) is 3.33. The molecule has 0 aliphatic carbocycles. The number of hydrogen-bond donors (Lipinski definition) is 1. The molecule has 6 heteroatoms. The zero-order valence-electron chi connectivity index (χ0n) is 10.0. The molecule has 1 heterocycles. The van der Waals surface area contributed by atoms with E-state index in [2.05, 4.69) is 32.7 Å². The lowest BCUT2D eigenvalue weighted by molar-refractivity contribution is 0.195. The molecule has 1 N–H and O–H groups in total. The molecule has 1 aromatic heterocycles. The molecule has 0 aliphatic rings. The molecular formula is C11H17BrN2OS2. The van der Waals surface area contributed by atoms with Gasteiger partial charge in [0.15, 0.2) is 5.11 Å². The Morgan fingerprint density at radius 1 is 1.65 bits per heavy atom. The van der Waals surface area contributed by atoms with Gasteiger partial charge in [-0.25, -0.2) is 0 Å². The minimum Gasteiger partial charge on any atom is -0.385 e. The Kier molecular flexibility index (Phi) is 7.03. The molecule has 0 unspecified atom stereocenters. The fraction of sp³-hybridized carbons (Fsp3) is 0.545. The molecule has 0 saturated heterocycles. The summed E-state index contributed by atoms with van der Waals surface area (Å²) in [5.74, 6) is 0. The van der Waals surface area contributed by atoms with E-state index in [1.807, 2.05) is 11.9 Å². The number of rotatable bonds is 6. The molecule has 17 heavy (non-hydrogen) atoms. The number of nitrogens with zero attached hydrogens (tertiary/aromatic N) is 1. The summed E-state index contributed by atoms with van der Waals surface area (Å²) < 4.78 is 6.11. The van der Waals surface area contributed by atoms with Gasteiger partial charge >= 0.3 is 0 Å². The molecule has 0 saturated carbocycles. The van der Waals surface area contributed by atoms with Crippen molar-refractivity contribution >= 4 is 44.6 Å². The Balaban J connectivity index is 2.27. The second-order valence-corrected chi connectivity index (χ2v) is 5.96. The number of ether oxygens (including phenoxy) is 1. The SMILES string of the molecule is COCCCNC(=S)N(C)Cc1cc(Br)cs1. The average Bonchev–Trinajstić information content (AvgIpc) is 2.70. The van der Waals surface area contributed by atoms with Crippen molar-refractivity contribution in [1.29, 1.82) is 0 Å². The maximum Gasteiger partial charge on any atom is 0.169 e. The van der Waals surface area contributed by atoms with Crippen molar-refractivity contribution in [2.24, 2.45) is 0 Å². The molecule has 1 aromatic rings. The molecule has 0 aliphatic heterocycles. The first-order valence-electron chi connectivity index (χ1n) is 5.34. The summed E-state index contributed by atoms with van der Waals surface area (Å²) in [6.07, 6.45) is 0.967. The quantitative estimate of drug-likeness (QED) is 0.637. The molecule has 0 atom stereocenters. The number of methoxy groups -OCH3 is 1. The minimum absolute atomic E-state index is 0.761. The van der Waals surface area contributed by atoms with Gasteiger partial charge in [-0.15, -0.1) is 11.3 Å². The third-order valence-electron chi connectivity index (χ3n) is 2.16. The van der Waals surface area contributed by atoms with Crippen LogP contribution in [0.4, 0.5) is 0 Å². The summed E-state index contributed by atoms with van der Waals surface area (Å²) in [6, 6.07) is 2.12. The first kappa shape index (κ1) is 14.9. The van der Waals surface area contributed by atoms with E-state index in [4.69, 9.17) is 17.0 Å². The lowest BCUT2D eigenvalue weighted by atomic mass is 10.4. The highest BCUT2D eigenvalue weighted by Gasteiger charge is 2.06. The van der Waals surface area contributed by atoms with Gasteiger partial charge in [-0.3, -0.25) is 0 Å².